The van der Waals surface area contributed by atoms with Gasteiger partial charge in [0, 0.05) is 16.6 Å². The fraction of sp³-hybridized carbons (Fsp3) is 0.450. The van der Waals surface area contributed by atoms with Crippen LogP contribution in [0.2, 0.25) is 5.02 Å². The Kier molecular flexibility index (Phi) is 5.56. The minimum Gasteiger partial charge on any atom is -0.326 e. The van der Waals surface area contributed by atoms with Crippen molar-refractivity contribution < 1.29 is 4.79 Å². The minimum absolute atomic E-state index is 0.157. The van der Waals surface area contributed by atoms with Crippen LogP contribution in [0.3, 0.4) is 0 Å². The van der Waals surface area contributed by atoms with Crippen LogP contribution >= 0.6 is 11.6 Å². The standard InChI is InChI=1S/C20H24ClNO/c21-15-10-9-11-16(14-15)22-20(23)19-17-12-7-5-3-1-2-4-6-8-13-18(17)19/h3-6,9-11,14,17-19H,1-2,7-8,12-13H2,(H,22,23)/b5-3-,6-4+/t17-,18+,19?/m1/s1. The SMILES string of the molecule is O=C(Nc1cccc(Cl)c1)C1[C@H]2CC/C=C/CC/C=C\CC[C@@H]12. The topological polar surface area (TPSA) is 29.1 Å². The van der Waals surface area contributed by atoms with Gasteiger partial charge in [-0.25, -0.2) is 0 Å². The van der Waals surface area contributed by atoms with Gasteiger partial charge in [0.15, 0.2) is 0 Å². The molecule has 3 heteroatoms. The Balaban J connectivity index is 1.61. The van der Waals surface area contributed by atoms with E-state index in [1.54, 1.807) is 6.07 Å². The lowest BCUT2D eigenvalue weighted by Crippen LogP contribution is -2.15. The lowest BCUT2D eigenvalue weighted by atomic mass is 10.1. The molecule has 122 valence electrons. The van der Waals surface area contributed by atoms with E-state index in [0.29, 0.717) is 16.9 Å². The van der Waals surface area contributed by atoms with E-state index in [2.05, 4.69) is 29.6 Å². The summed E-state index contributed by atoms with van der Waals surface area (Å²) in [7, 11) is 0. The number of hydrogen-bond acceptors (Lipinski definition) is 1. The summed E-state index contributed by atoms with van der Waals surface area (Å²) in [5.41, 5.74) is 0.796. The molecule has 1 amide bonds. The van der Waals surface area contributed by atoms with Gasteiger partial charge < -0.3 is 5.32 Å². The minimum atomic E-state index is 0.157. The third-order valence-electron chi connectivity index (χ3n) is 4.89. The lowest BCUT2D eigenvalue weighted by molar-refractivity contribution is -0.117. The summed E-state index contributed by atoms with van der Waals surface area (Å²) in [4.78, 5) is 12.6. The number of halogens is 1. The first-order chi connectivity index (χ1) is 11.3. The molecule has 0 aromatic heterocycles. The Bertz CT molecular complexity index is 583. The number of nitrogens with one attached hydrogen (secondary N) is 1. The van der Waals surface area contributed by atoms with Gasteiger partial charge in [-0.05, 0) is 68.6 Å². The molecule has 1 fully saturated rings. The Morgan fingerprint density at radius 3 is 2.17 bits per heavy atom. The highest BCUT2D eigenvalue weighted by molar-refractivity contribution is 6.30. The number of carbonyl (C=O) groups excluding carboxylic acids is 1. The molecule has 1 aromatic carbocycles. The van der Waals surface area contributed by atoms with E-state index in [0.717, 1.165) is 44.2 Å². The Hall–Kier alpha value is -1.54. The number of amides is 1. The number of anilines is 1. The highest BCUT2D eigenvalue weighted by Gasteiger charge is 2.52. The van der Waals surface area contributed by atoms with Crippen LogP contribution in [0.5, 0.6) is 0 Å². The van der Waals surface area contributed by atoms with Gasteiger partial charge in [0.05, 0.1) is 0 Å². The van der Waals surface area contributed by atoms with Gasteiger partial charge >= 0.3 is 0 Å². The van der Waals surface area contributed by atoms with Crippen LogP contribution in [0.15, 0.2) is 48.6 Å². The molecular weight excluding hydrogens is 306 g/mol. The van der Waals surface area contributed by atoms with Gasteiger partial charge in [0.2, 0.25) is 5.91 Å². The number of benzene rings is 1. The van der Waals surface area contributed by atoms with Crippen molar-refractivity contribution in [1.29, 1.82) is 0 Å². The number of carbonyl (C=O) groups is 1. The molecule has 23 heavy (non-hydrogen) atoms. The smallest absolute Gasteiger partial charge is 0.228 e. The first-order valence-electron chi connectivity index (χ1n) is 8.62. The van der Waals surface area contributed by atoms with E-state index in [9.17, 15) is 4.79 Å². The first-order valence-corrected chi connectivity index (χ1v) is 9.00. The Labute approximate surface area is 143 Å². The molecule has 0 bridgehead atoms. The van der Waals surface area contributed by atoms with Crippen LogP contribution in [0.25, 0.3) is 0 Å². The zero-order valence-electron chi connectivity index (χ0n) is 13.4. The van der Waals surface area contributed by atoms with E-state index >= 15 is 0 Å². The number of hydrogen-bond donors (Lipinski definition) is 1. The molecule has 2 aliphatic carbocycles. The molecule has 1 N–H and O–H groups in total. The fourth-order valence-electron chi connectivity index (χ4n) is 3.65. The Morgan fingerprint density at radius 1 is 0.957 bits per heavy atom. The molecule has 0 spiro atoms. The molecule has 0 heterocycles. The van der Waals surface area contributed by atoms with Gasteiger partial charge in [-0.3, -0.25) is 4.79 Å². The van der Waals surface area contributed by atoms with E-state index in [-0.39, 0.29) is 11.8 Å². The van der Waals surface area contributed by atoms with Crippen LogP contribution in [-0.4, -0.2) is 5.91 Å². The monoisotopic (exact) mass is 329 g/mol. The highest BCUT2D eigenvalue weighted by atomic mass is 35.5. The zero-order chi connectivity index (χ0) is 16.1. The summed E-state index contributed by atoms with van der Waals surface area (Å²) in [5.74, 6) is 1.39. The van der Waals surface area contributed by atoms with Gasteiger partial charge in [0.25, 0.3) is 0 Å². The van der Waals surface area contributed by atoms with Crippen LogP contribution < -0.4 is 5.32 Å². The third-order valence-corrected chi connectivity index (χ3v) is 5.13. The summed E-state index contributed by atoms with van der Waals surface area (Å²) < 4.78 is 0. The molecule has 0 saturated heterocycles. The molecule has 2 aliphatic rings. The second kappa shape index (κ2) is 7.83. The van der Waals surface area contributed by atoms with E-state index in [1.807, 2.05) is 18.2 Å². The maximum atomic E-state index is 12.6. The van der Waals surface area contributed by atoms with Crippen LogP contribution in [-0.2, 0) is 4.79 Å². The molecule has 1 unspecified atom stereocenters. The molecule has 1 aromatic rings. The average molecular weight is 330 g/mol. The van der Waals surface area contributed by atoms with Crippen LogP contribution in [0, 0.1) is 17.8 Å². The molecule has 0 aliphatic heterocycles. The fourth-order valence-corrected chi connectivity index (χ4v) is 3.84. The molecule has 3 rings (SSSR count). The summed E-state index contributed by atoms with van der Waals surface area (Å²) in [5, 5.41) is 3.69. The van der Waals surface area contributed by atoms with Crippen molar-refractivity contribution in [2.45, 2.75) is 38.5 Å². The van der Waals surface area contributed by atoms with Gasteiger partial charge in [-0.1, -0.05) is 42.0 Å². The molecule has 0 radical (unpaired) electrons. The molecule has 1 saturated carbocycles. The van der Waals surface area contributed by atoms with Crippen molar-refractivity contribution in [3.05, 3.63) is 53.6 Å². The number of allylic oxidation sites excluding steroid dienone is 4. The predicted molar refractivity (Wildman–Crippen MR) is 96.5 cm³/mol. The third kappa shape index (κ3) is 4.48. The summed E-state index contributed by atoms with van der Waals surface area (Å²) in [6.45, 7) is 0. The number of rotatable bonds is 2. The largest absolute Gasteiger partial charge is 0.326 e. The van der Waals surface area contributed by atoms with Crippen molar-refractivity contribution in [3.8, 4) is 0 Å². The summed E-state index contributed by atoms with van der Waals surface area (Å²) >= 11 is 5.99. The normalized spacial score (nSPS) is 30.2. The number of fused-ring (bicyclic) bond motifs is 1. The second-order valence-corrected chi connectivity index (χ2v) is 6.96. The van der Waals surface area contributed by atoms with Crippen LogP contribution in [0.1, 0.15) is 38.5 Å². The van der Waals surface area contributed by atoms with E-state index in [1.165, 1.54) is 0 Å². The van der Waals surface area contributed by atoms with Crippen molar-refractivity contribution >= 4 is 23.2 Å². The van der Waals surface area contributed by atoms with Crippen LogP contribution in [0.4, 0.5) is 5.69 Å². The molecule has 2 nitrogen and oxygen atoms in total. The summed E-state index contributed by atoms with van der Waals surface area (Å²) in [6, 6.07) is 7.38. The maximum Gasteiger partial charge on any atom is 0.228 e. The molecule has 3 atom stereocenters. The van der Waals surface area contributed by atoms with Gasteiger partial charge in [-0.15, -0.1) is 0 Å². The Morgan fingerprint density at radius 2 is 1.57 bits per heavy atom. The summed E-state index contributed by atoms with van der Waals surface area (Å²) in [6.07, 6.45) is 15.8. The van der Waals surface area contributed by atoms with Crippen molar-refractivity contribution in [1.82, 2.24) is 0 Å². The van der Waals surface area contributed by atoms with Gasteiger partial charge in [-0.2, -0.15) is 0 Å². The highest BCUT2D eigenvalue weighted by Crippen LogP contribution is 2.52. The van der Waals surface area contributed by atoms with Crippen molar-refractivity contribution in [2.24, 2.45) is 17.8 Å². The first kappa shape index (κ1) is 16.3. The zero-order valence-corrected chi connectivity index (χ0v) is 14.1. The average Bonchev–Trinajstić information content (AvgIpc) is 3.20. The van der Waals surface area contributed by atoms with Gasteiger partial charge in [0.1, 0.15) is 0 Å². The lowest BCUT2D eigenvalue weighted by Gasteiger charge is -2.05. The maximum absolute atomic E-state index is 12.6. The second-order valence-electron chi connectivity index (χ2n) is 6.53. The van der Waals surface area contributed by atoms with E-state index < -0.39 is 0 Å². The van der Waals surface area contributed by atoms with Crippen molar-refractivity contribution in [3.63, 3.8) is 0 Å². The van der Waals surface area contributed by atoms with E-state index in [4.69, 9.17) is 11.6 Å². The molecular formula is C20H24ClNO. The quantitative estimate of drug-likeness (QED) is 0.702. The predicted octanol–water partition coefficient (Wildman–Crippen LogP) is 5.61. The van der Waals surface area contributed by atoms with Crippen molar-refractivity contribution in [2.75, 3.05) is 5.32 Å².